The van der Waals surface area contributed by atoms with E-state index in [1.54, 1.807) is 12.1 Å². The average molecular weight is 295 g/mol. The molecule has 2 aliphatic heterocycles. The summed E-state index contributed by atoms with van der Waals surface area (Å²) in [6.45, 7) is 0.819. The van der Waals surface area contributed by atoms with Crippen LogP contribution in [0.25, 0.3) is 0 Å². The number of benzene rings is 1. The number of piperidine rings is 1. The second-order valence-corrected chi connectivity index (χ2v) is 5.82. The number of rotatable bonds is 1. The van der Waals surface area contributed by atoms with Crippen molar-refractivity contribution in [3.63, 3.8) is 0 Å². The van der Waals surface area contributed by atoms with E-state index in [9.17, 15) is 9.59 Å². The van der Waals surface area contributed by atoms with E-state index < -0.39 is 11.5 Å². The molecule has 20 heavy (non-hydrogen) atoms. The van der Waals surface area contributed by atoms with Crippen molar-refractivity contribution >= 4 is 23.6 Å². The fourth-order valence-corrected chi connectivity index (χ4v) is 3.26. The van der Waals surface area contributed by atoms with E-state index in [-0.39, 0.29) is 11.9 Å². The molecule has 2 fully saturated rings. The van der Waals surface area contributed by atoms with Crippen LogP contribution in [-0.2, 0) is 4.79 Å². The molecular weight excluding hydrogens is 280 g/mol. The normalized spacial score (nSPS) is 24.1. The molecule has 2 heterocycles. The fraction of sp³-hybridized carbons (Fsp3) is 0.429. The third kappa shape index (κ3) is 1.93. The minimum Gasteiger partial charge on any atom is -0.465 e. The van der Waals surface area contributed by atoms with Crippen molar-refractivity contribution in [2.24, 2.45) is 5.41 Å². The average Bonchev–Trinajstić information content (AvgIpc) is 2.46. The Labute approximate surface area is 121 Å². The molecular formula is C14H15ClN2O3. The van der Waals surface area contributed by atoms with Crippen LogP contribution in [0, 0.1) is 5.41 Å². The molecule has 1 aromatic rings. The highest BCUT2D eigenvalue weighted by Crippen LogP contribution is 2.49. The molecule has 5 nitrogen and oxygen atoms in total. The third-order valence-corrected chi connectivity index (χ3v) is 4.66. The quantitative estimate of drug-likeness (QED) is 0.781. The van der Waals surface area contributed by atoms with Crippen LogP contribution in [0.2, 0.25) is 5.02 Å². The number of halogens is 1. The molecule has 106 valence electrons. The highest BCUT2D eigenvalue weighted by Gasteiger charge is 2.56. The van der Waals surface area contributed by atoms with Crippen LogP contribution >= 0.6 is 11.6 Å². The molecule has 1 spiro atoms. The van der Waals surface area contributed by atoms with Gasteiger partial charge in [0.1, 0.15) is 0 Å². The van der Waals surface area contributed by atoms with Gasteiger partial charge >= 0.3 is 6.09 Å². The number of β-lactam (4-membered cyclic amide) rings is 1. The zero-order chi connectivity index (χ0) is 14.3. The van der Waals surface area contributed by atoms with Gasteiger partial charge in [0.25, 0.3) is 0 Å². The zero-order valence-electron chi connectivity index (χ0n) is 10.8. The Kier molecular flexibility index (Phi) is 3.09. The van der Waals surface area contributed by atoms with Gasteiger partial charge in [0.05, 0.1) is 11.5 Å². The maximum atomic E-state index is 12.0. The van der Waals surface area contributed by atoms with Crippen molar-refractivity contribution in [3.05, 3.63) is 34.9 Å². The lowest BCUT2D eigenvalue weighted by molar-refractivity contribution is -0.151. The summed E-state index contributed by atoms with van der Waals surface area (Å²) in [7, 11) is 0. The van der Waals surface area contributed by atoms with E-state index in [2.05, 4.69) is 5.32 Å². The molecule has 1 unspecified atom stereocenters. The summed E-state index contributed by atoms with van der Waals surface area (Å²) in [5.41, 5.74) is 0.567. The Morgan fingerprint density at radius 1 is 1.30 bits per heavy atom. The first-order valence-electron chi connectivity index (χ1n) is 6.57. The number of amides is 2. The molecule has 6 heteroatoms. The first kappa shape index (κ1) is 13.2. The topological polar surface area (TPSA) is 69.6 Å². The number of nitrogens with zero attached hydrogens (tertiary/aromatic N) is 1. The second-order valence-electron chi connectivity index (χ2n) is 5.38. The van der Waals surface area contributed by atoms with Crippen molar-refractivity contribution in [2.45, 2.75) is 18.9 Å². The third-order valence-electron chi connectivity index (χ3n) is 4.41. The number of hydrogen-bond acceptors (Lipinski definition) is 2. The van der Waals surface area contributed by atoms with Gasteiger partial charge in [-0.25, -0.2) is 4.79 Å². The van der Waals surface area contributed by atoms with Gasteiger partial charge in [-0.2, -0.15) is 0 Å². The highest BCUT2D eigenvalue weighted by molar-refractivity contribution is 6.30. The number of hydrogen-bond donors (Lipinski definition) is 2. The number of nitrogens with one attached hydrogen (secondary N) is 1. The van der Waals surface area contributed by atoms with E-state index in [0.29, 0.717) is 31.0 Å². The monoisotopic (exact) mass is 294 g/mol. The van der Waals surface area contributed by atoms with Crippen molar-refractivity contribution in [2.75, 3.05) is 13.1 Å². The van der Waals surface area contributed by atoms with Crippen LogP contribution in [-0.4, -0.2) is 35.1 Å². The Morgan fingerprint density at radius 2 is 1.90 bits per heavy atom. The summed E-state index contributed by atoms with van der Waals surface area (Å²) in [5, 5.41) is 12.6. The molecule has 2 saturated heterocycles. The van der Waals surface area contributed by atoms with E-state index in [0.717, 1.165) is 5.56 Å². The largest absolute Gasteiger partial charge is 0.465 e. The van der Waals surface area contributed by atoms with Crippen LogP contribution in [0.3, 0.4) is 0 Å². The predicted octanol–water partition coefficient (Wildman–Crippen LogP) is 2.27. The summed E-state index contributed by atoms with van der Waals surface area (Å²) >= 11 is 5.88. The van der Waals surface area contributed by atoms with Gasteiger partial charge in [0.2, 0.25) is 5.91 Å². The van der Waals surface area contributed by atoms with Crippen LogP contribution in [0.4, 0.5) is 4.79 Å². The zero-order valence-corrected chi connectivity index (χ0v) is 11.6. The fourth-order valence-electron chi connectivity index (χ4n) is 3.14. The van der Waals surface area contributed by atoms with Crippen molar-refractivity contribution < 1.29 is 14.7 Å². The van der Waals surface area contributed by atoms with Gasteiger partial charge in [0, 0.05) is 18.1 Å². The SMILES string of the molecule is O=C(O)N1CCC2(CC1)C(=O)NC2c1ccc(Cl)cc1. The predicted molar refractivity (Wildman–Crippen MR) is 73.6 cm³/mol. The molecule has 2 amide bonds. The van der Waals surface area contributed by atoms with Crippen molar-refractivity contribution in [3.8, 4) is 0 Å². The molecule has 0 bridgehead atoms. The van der Waals surface area contributed by atoms with Crippen LogP contribution in [0.5, 0.6) is 0 Å². The standard InChI is InChI=1S/C14H15ClN2O3/c15-10-3-1-9(2-4-10)11-14(12(18)16-11)5-7-17(8-6-14)13(19)20/h1-4,11H,5-8H2,(H,16,18)(H,19,20). The van der Waals surface area contributed by atoms with Crippen LogP contribution in [0.1, 0.15) is 24.4 Å². The number of carboxylic acid groups (broad SMARTS) is 1. The minimum absolute atomic E-state index is 0.0301. The van der Waals surface area contributed by atoms with Gasteiger partial charge in [0.15, 0.2) is 0 Å². The molecule has 0 saturated carbocycles. The van der Waals surface area contributed by atoms with E-state index >= 15 is 0 Å². The van der Waals surface area contributed by atoms with Crippen LogP contribution < -0.4 is 5.32 Å². The van der Waals surface area contributed by atoms with E-state index in [4.69, 9.17) is 16.7 Å². The summed E-state index contributed by atoms with van der Waals surface area (Å²) in [4.78, 5) is 24.4. The molecule has 2 aliphatic rings. The lowest BCUT2D eigenvalue weighted by Gasteiger charge is -2.52. The first-order chi connectivity index (χ1) is 9.53. The highest BCUT2D eigenvalue weighted by atomic mass is 35.5. The molecule has 1 atom stereocenters. The maximum absolute atomic E-state index is 12.0. The lowest BCUT2D eigenvalue weighted by Crippen LogP contribution is -2.64. The van der Waals surface area contributed by atoms with Gasteiger partial charge in [-0.1, -0.05) is 23.7 Å². The summed E-state index contributed by atoms with van der Waals surface area (Å²) in [6, 6.07) is 7.40. The van der Waals surface area contributed by atoms with Gasteiger partial charge in [-0.3, -0.25) is 4.79 Å². The van der Waals surface area contributed by atoms with E-state index in [1.807, 2.05) is 12.1 Å². The number of carbonyl (C=O) groups excluding carboxylic acids is 1. The van der Waals surface area contributed by atoms with Gasteiger partial charge < -0.3 is 15.3 Å². The molecule has 0 radical (unpaired) electrons. The Morgan fingerprint density at radius 3 is 2.40 bits per heavy atom. The first-order valence-corrected chi connectivity index (χ1v) is 6.95. The second kappa shape index (κ2) is 4.66. The van der Waals surface area contributed by atoms with Crippen molar-refractivity contribution in [1.29, 1.82) is 0 Å². The van der Waals surface area contributed by atoms with Crippen LogP contribution in [0.15, 0.2) is 24.3 Å². The summed E-state index contributed by atoms with van der Waals surface area (Å²) in [6.07, 6.45) is 0.222. The Balaban J connectivity index is 1.80. The summed E-state index contributed by atoms with van der Waals surface area (Å²) < 4.78 is 0. The Hall–Kier alpha value is -1.75. The minimum atomic E-state index is -0.914. The maximum Gasteiger partial charge on any atom is 0.407 e. The molecule has 1 aromatic carbocycles. The van der Waals surface area contributed by atoms with Gasteiger partial charge in [-0.05, 0) is 30.5 Å². The number of likely N-dealkylation sites (tertiary alicyclic amines) is 1. The molecule has 3 rings (SSSR count). The van der Waals surface area contributed by atoms with Gasteiger partial charge in [-0.15, -0.1) is 0 Å². The smallest absolute Gasteiger partial charge is 0.407 e. The molecule has 0 aromatic heterocycles. The van der Waals surface area contributed by atoms with E-state index in [1.165, 1.54) is 4.90 Å². The summed E-state index contributed by atoms with van der Waals surface area (Å²) in [5.74, 6) is 0.0301. The molecule has 2 N–H and O–H groups in total. The lowest BCUT2D eigenvalue weighted by atomic mass is 9.64. The number of carbonyl (C=O) groups is 2. The molecule has 0 aliphatic carbocycles. The Bertz CT molecular complexity index is 550. The van der Waals surface area contributed by atoms with Crippen molar-refractivity contribution in [1.82, 2.24) is 10.2 Å².